The Labute approximate surface area is 114 Å². The summed E-state index contributed by atoms with van der Waals surface area (Å²) >= 11 is 0. The third-order valence-corrected chi connectivity index (χ3v) is 3.56. The molecule has 0 aliphatic carbocycles. The molecule has 6 heteroatoms. The molecular formula is C13H23N2O4. The lowest BCUT2D eigenvalue weighted by Gasteiger charge is -2.53. The normalized spacial score (nSPS) is 24.6. The fourth-order valence-electron chi connectivity index (χ4n) is 3.32. The highest BCUT2D eigenvalue weighted by Gasteiger charge is 2.57. The number of hydrogen-bond acceptors (Lipinski definition) is 4. The van der Waals surface area contributed by atoms with Gasteiger partial charge in [0.2, 0.25) is 5.91 Å². The summed E-state index contributed by atoms with van der Waals surface area (Å²) in [5, 5.41) is 16.0. The van der Waals surface area contributed by atoms with Gasteiger partial charge in [0.25, 0.3) is 0 Å². The zero-order chi connectivity index (χ0) is 15.1. The molecule has 0 aromatic rings. The Morgan fingerprint density at radius 1 is 1.11 bits per heavy atom. The molecule has 1 radical (unpaired) electrons. The molecule has 1 N–H and O–H groups in total. The summed E-state index contributed by atoms with van der Waals surface area (Å²) in [6.45, 7) is 8.41. The van der Waals surface area contributed by atoms with Crippen molar-refractivity contribution in [3.63, 3.8) is 0 Å². The largest absolute Gasteiger partial charge is 0.467 e. The first-order valence-electron chi connectivity index (χ1n) is 6.31. The summed E-state index contributed by atoms with van der Waals surface area (Å²) in [7, 11) is 1.29. The highest BCUT2D eigenvalue weighted by molar-refractivity contribution is 5.87. The lowest BCUT2D eigenvalue weighted by atomic mass is 9.70. The Bertz CT molecular complexity index is 372. The molecule has 1 aliphatic heterocycles. The molecule has 6 nitrogen and oxygen atoms in total. The zero-order valence-electron chi connectivity index (χ0n) is 12.5. The van der Waals surface area contributed by atoms with E-state index in [0.717, 1.165) is 5.06 Å². The Morgan fingerprint density at radius 2 is 1.53 bits per heavy atom. The van der Waals surface area contributed by atoms with Crippen molar-refractivity contribution >= 4 is 11.9 Å². The second-order valence-electron chi connectivity index (χ2n) is 6.53. The van der Waals surface area contributed by atoms with Crippen LogP contribution in [0.25, 0.3) is 0 Å². The number of nitrogens with one attached hydrogen (secondary N) is 1. The maximum Gasteiger partial charge on any atom is 0.331 e. The van der Waals surface area contributed by atoms with Crippen LogP contribution >= 0.6 is 0 Å². The van der Waals surface area contributed by atoms with Crippen LogP contribution in [0.1, 0.15) is 47.5 Å². The lowest BCUT2D eigenvalue weighted by Crippen LogP contribution is -2.70. The summed E-state index contributed by atoms with van der Waals surface area (Å²) in [6, 6.07) is 0. The minimum absolute atomic E-state index is 0.221. The van der Waals surface area contributed by atoms with Gasteiger partial charge < -0.3 is 10.1 Å². The molecule has 1 amide bonds. The highest BCUT2D eigenvalue weighted by atomic mass is 16.5. The summed E-state index contributed by atoms with van der Waals surface area (Å²) in [6.07, 6.45) is 0.443. The number of hydrogen-bond donors (Lipinski definition) is 1. The van der Waals surface area contributed by atoms with Crippen molar-refractivity contribution in [1.29, 1.82) is 0 Å². The molecule has 0 atom stereocenters. The molecule has 0 unspecified atom stereocenters. The number of nitrogens with zero attached hydrogens (tertiary/aromatic N) is 1. The molecule has 0 spiro atoms. The van der Waals surface area contributed by atoms with Crippen LogP contribution in [0.3, 0.4) is 0 Å². The van der Waals surface area contributed by atoms with Crippen molar-refractivity contribution in [2.75, 3.05) is 7.11 Å². The van der Waals surface area contributed by atoms with E-state index >= 15 is 0 Å². The smallest absolute Gasteiger partial charge is 0.331 e. The summed E-state index contributed by atoms with van der Waals surface area (Å²) in [5.41, 5.74) is -2.68. The van der Waals surface area contributed by atoms with Crippen LogP contribution in [0.2, 0.25) is 0 Å². The van der Waals surface area contributed by atoms with Crippen molar-refractivity contribution in [1.82, 2.24) is 10.4 Å². The molecule has 1 heterocycles. The lowest BCUT2D eigenvalue weighted by molar-refractivity contribution is -0.297. The number of carbonyl (C=O) groups excluding carboxylic acids is 2. The first-order valence-corrected chi connectivity index (χ1v) is 6.31. The zero-order valence-corrected chi connectivity index (χ0v) is 12.5. The highest BCUT2D eigenvalue weighted by Crippen LogP contribution is 2.43. The minimum atomic E-state index is -1.14. The van der Waals surface area contributed by atoms with Gasteiger partial charge in [-0.2, -0.15) is 0 Å². The quantitative estimate of drug-likeness (QED) is 0.761. The topological polar surface area (TPSA) is 78.5 Å². The second-order valence-corrected chi connectivity index (χ2v) is 6.53. The predicted octanol–water partition coefficient (Wildman–Crippen LogP) is 1.03. The van der Waals surface area contributed by atoms with Crippen molar-refractivity contribution in [3.8, 4) is 0 Å². The van der Waals surface area contributed by atoms with Gasteiger partial charge in [0.1, 0.15) is 5.54 Å². The van der Waals surface area contributed by atoms with Crippen molar-refractivity contribution in [2.24, 2.45) is 0 Å². The standard InChI is InChI=1S/C13H23N2O4/c1-9(16)14-13(10(17)19-6)7-11(2,3)15(18)12(4,5)8-13/h7-8H2,1-6H3,(H,14,16). The monoisotopic (exact) mass is 271 g/mol. The van der Waals surface area contributed by atoms with Gasteiger partial charge in [-0.05, 0) is 27.7 Å². The number of amides is 1. The number of hydroxylamine groups is 2. The fraction of sp³-hybridized carbons (Fsp3) is 0.846. The molecule has 1 fully saturated rings. The van der Waals surface area contributed by atoms with E-state index in [4.69, 9.17) is 4.74 Å². The van der Waals surface area contributed by atoms with E-state index in [-0.39, 0.29) is 18.7 Å². The molecular weight excluding hydrogens is 248 g/mol. The first-order chi connectivity index (χ1) is 8.47. The van der Waals surface area contributed by atoms with E-state index in [2.05, 4.69) is 5.32 Å². The molecule has 1 saturated heterocycles. The maximum absolute atomic E-state index is 12.3. The van der Waals surface area contributed by atoms with E-state index in [1.54, 1.807) is 27.7 Å². The summed E-state index contributed by atoms with van der Waals surface area (Å²) < 4.78 is 4.84. The molecule has 109 valence electrons. The van der Waals surface area contributed by atoms with Crippen LogP contribution in [-0.2, 0) is 19.5 Å². The molecule has 0 bridgehead atoms. The van der Waals surface area contributed by atoms with Crippen LogP contribution in [0.5, 0.6) is 0 Å². The number of ether oxygens (including phenoxy) is 1. The molecule has 19 heavy (non-hydrogen) atoms. The number of esters is 1. The SMILES string of the molecule is COC(=O)C1(NC(C)=O)CC(C)(C)N([O])C(C)(C)C1. The Hall–Kier alpha value is -1.14. The number of piperidine rings is 1. The predicted molar refractivity (Wildman–Crippen MR) is 68.5 cm³/mol. The van der Waals surface area contributed by atoms with Crippen molar-refractivity contribution in [2.45, 2.75) is 64.1 Å². The van der Waals surface area contributed by atoms with Gasteiger partial charge >= 0.3 is 5.97 Å². The van der Waals surface area contributed by atoms with E-state index in [9.17, 15) is 14.8 Å². The average molecular weight is 271 g/mol. The first kappa shape index (κ1) is 15.9. The van der Waals surface area contributed by atoms with E-state index < -0.39 is 22.6 Å². The van der Waals surface area contributed by atoms with Gasteiger partial charge in [-0.3, -0.25) is 4.79 Å². The number of carbonyl (C=O) groups is 2. The number of methoxy groups -OCH3 is 1. The Morgan fingerprint density at radius 3 is 1.84 bits per heavy atom. The third-order valence-electron chi connectivity index (χ3n) is 3.56. The van der Waals surface area contributed by atoms with Crippen molar-refractivity contribution in [3.05, 3.63) is 0 Å². The van der Waals surface area contributed by atoms with Crippen LogP contribution < -0.4 is 5.32 Å². The average Bonchev–Trinajstić information content (AvgIpc) is 2.22. The molecule has 0 aromatic carbocycles. The van der Waals surface area contributed by atoms with Gasteiger partial charge in [-0.1, -0.05) is 0 Å². The van der Waals surface area contributed by atoms with E-state index in [0.29, 0.717) is 0 Å². The van der Waals surface area contributed by atoms with Gasteiger partial charge in [0.15, 0.2) is 0 Å². The van der Waals surface area contributed by atoms with E-state index in [1.165, 1.54) is 14.0 Å². The fourth-order valence-corrected chi connectivity index (χ4v) is 3.32. The van der Waals surface area contributed by atoms with E-state index in [1.807, 2.05) is 0 Å². The third kappa shape index (κ3) is 2.90. The van der Waals surface area contributed by atoms with Gasteiger partial charge in [0.05, 0.1) is 7.11 Å². The Balaban J connectivity index is 3.25. The second kappa shape index (κ2) is 4.76. The Kier molecular flexibility index (Phi) is 3.98. The molecule has 1 rings (SSSR count). The molecule has 1 aliphatic rings. The van der Waals surface area contributed by atoms with Crippen molar-refractivity contribution < 1.29 is 19.5 Å². The van der Waals surface area contributed by atoms with Crippen LogP contribution in [0, 0.1) is 0 Å². The minimum Gasteiger partial charge on any atom is -0.467 e. The van der Waals surface area contributed by atoms with Crippen LogP contribution in [0.15, 0.2) is 0 Å². The van der Waals surface area contributed by atoms with Crippen LogP contribution in [-0.4, -0.2) is 40.7 Å². The maximum atomic E-state index is 12.3. The van der Waals surface area contributed by atoms with Gasteiger partial charge in [-0.25, -0.2) is 4.79 Å². The summed E-state index contributed by atoms with van der Waals surface area (Å²) in [5.74, 6) is -0.812. The van der Waals surface area contributed by atoms with Gasteiger partial charge in [-0.15, -0.1) is 10.3 Å². The van der Waals surface area contributed by atoms with Crippen LogP contribution in [0.4, 0.5) is 0 Å². The summed E-state index contributed by atoms with van der Waals surface area (Å²) in [4.78, 5) is 23.6. The molecule has 0 aromatic heterocycles. The number of rotatable bonds is 2. The molecule has 0 saturated carbocycles. The van der Waals surface area contributed by atoms with Gasteiger partial charge in [0, 0.05) is 30.8 Å².